The van der Waals surface area contributed by atoms with Gasteiger partial charge >= 0.3 is 6.15 Å². The molecule has 0 fully saturated rings. The van der Waals surface area contributed by atoms with E-state index in [1.54, 1.807) is 0 Å². The molecule has 0 unspecified atom stereocenters. The summed E-state index contributed by atoms with van der Waals surface area (Å²) in [6, 6.07) is 0. The van der Waals surface area contributed by atoms with Crippen LogP contribution in [0.25, 0.3) is 0 Å². The first-order chi connectivity index (χ1) is 1.41. The second kappa shape index (κ2) is 158. The summed E-state index contributed by atoms with van der Waals surface area (Å²) < 4.78 is 0. The van der Waals surface area contributed by atoms with E-state index < -0.39 is 0 Å². The zero-order chi connectivity index (χ0) is 2.71. The topological polar surface area (TPSA) is 69.1 Å². The molecule has 0 aromatic rings. The fourth-order valence-corrected chi connectivity index (χ4v) is 0. The lowest BCUT2D eigenvalue weighted by molar-refractivity contribution is -0.191. The molecule has 0 saturated carbocycles. The molecule has 0 aromatic carbocycles. The minimum Gasteiger partial charge on any atom is -0.344 e. The van der Waals surface area contributed by atoms with Crippen molar-refractivity contribution in [3.05, 3.63) is 0 Å². The van der Waals surface area contributed by atoms with Gasteiger partial charge in [0.1, 0.15) is 0 Å². The quantitative estimate of drug-likeness (QED) is 0.449. The van der Waals surface area contributed by atoms with Crippen LogP contribution in [0.2, 0.25) is 0 Å². The van der Waals surface area contributed by atoms with Crippen LogP contribution in [0.3, 0.4) is 0 Å². The normalized spacial score (nSPS) is 1.60. The van der Waals surface area contributed by atoms with Gasteiger partial charge in [0.05, 0.1) is 0 Å². The average molecular weight is 77.1 g/mol. The summed E-state index contributed by atoms with van der Waals surface area (Å²) >= 11 is 0. The van der Waals surface area contributed by atoms with Crippen molar-refractivity contribution >= 4 is 6.15 Å². The maximum absolute atomic E-state index is 8.12. The Balaban J connectivity index is -0.0000000200. The first kappa shape index (κ1) is 27.0. The number of rotatable bonds is 0. The number of hydrogen-bond donors (Lipinski definition) is 1. The Hall–Kier alpha value is -0.660. The van der Waals surface area contributed by atoms with Gasteiger partial charge in [0, 0.05) is 0 Å². The third-order valence-corrected chi connectivity index (χ3v) is 0. The van der Waals surface area contributed by atoms with Crippen molar-refractivity contribution in [3.63, 3.8) is 0 Å². The Labute approximate surface area is 30.6 Å². The Bertz CT molecular complexity index is 28.6. The summed E-state index contributed by atoms with van der Waals surface area (Å²) in [5.41, 5.74) is 0. The minimum absolute atomic E-state index is 0. The highest BCUT2D eigenvalue weighted by Crippen LogP contribution is 0.787. The van der Waals surface area contributed by atoms with E-state index in [1.807, 2.05) is 0 Å². The molecule has 0 atom stereocenters. The maximum atomic E-state index is 8.12. The summed E-state index contributed by atoms with van der Waals surface area (Å²) in [5.74, 6) is 0. The third kappa shape index (κ3) is 13.8. The predicted molar refractivity (Wildman–Crippen MR) is 16.8 cm³/mol. The monoisotopic (exact) mass is 77.0 g/mol. The second-order valence-corrected chi connectivity index (χ2v) is 0.0833. The highest BCUT2D eigenvalue weighted by Gasteiger charge is 1.13. The van der Waals surface area contributed by atoms with E-state index in [0.717, 1.165) is 0 Å². The largest absolute Gasteiger partial charge is 0.373 e. The molecule has 0 aliphatic heterocycles. The van der Waals surface area contributed by atoms with Crippen molar-refractivity contribution < 1.29 is 9.59 Å². The van der Waals surface area contributed by atoms with E-state index in [2.05, 4.69) is 0 Å². The zero-order valence-electron chi connectivity index (χ0n) is 2.02. The van der Waals surface area contributed by atoms with Crippen LogP contribution in [-0.2, 0) is 9.59 Å². The Morgan fingerprint density at radius 3 is 1.20 bits per heavy atom. The predicted octanol–water partition coefficient (Wildman–Crippen LogP) is 0.215. The van der Waals surface area contributed by atoms with Crippen LogP contribution >= 0.6 is 0 Å². The number of carbonyl (C=O) groups excluding carboxylic acids is 2. The molecule has 0 radical (unpaired) electrons. The minimum atomic E-state index is 0. The molecule has 0 bridgehead atoms. The highest BCUT2D eigenvalue weighted by atomic mass is 16.2. The SMILES string of the molecule is C.N.O=C=O. The van der Waals surface area contributed by atoms with E-state index in [1.165, 1.54) is 0 Å². The molecule has 5 heavy (non-hydrogen) atoms. The van der Waals surface area contributed by atoms with Gasteiger partial charge in [0.15, 0.2) is 0 Å². The smallest absolute Gasteiger partial charge is 0.344 e. The molecule has 3 nitrogen and oxygen atoms in total. The van der Waals surface area contributed by atoms with Gasteiger partial charge in [0.2, 0.25) is 0 Å². The van der Waals surface area contributed by atoms with Gasteiger partial charge in [-0.05, 0) is 0 Å². The van der Waals surface area contributed by atoms with Crippen molar-refractivity contribution in [2.75, 3.05) is 0 Å². The third-order valence-electron chi connectivity index (χ3n) is 0. The summed E-state index contributed by atoms with van der Waals surface area (Å²) in [4.78, 5) is 16.2. The molecule has 3 heteroatoms. The van der Waals surface area contributed by atoms with Crippen molar-refractivity contribution in [1.82, 2.24) is 6.15 Å². The molecule has 0 aliphatic carbocycles. The summed E-state index contributed by atoms with van der Waals surface area (Å²) in [5, 5.41) is 0. The van der Waals surface area contributed by atoms with Crippen molar-refractivity contribution in [1.29, 1.82) is 0 Å². The lowest BCUT2D eigenvalue weighted by Crippen LogP contribution is -1.22. The van der Waals surface area contributed by atoms with E-state index in [9.17, 15) is 0 Å². The fourth-order valence-electron chi connectivity index (χ4n) is 0. The second-order valence-electron chi connectivity index (χ2n) is 0.0833. The summed E-state index contributed by atoms with van der Waals surface area (Å²) in [7, 11) is 0. The Kier molecular flexibility index (Phi) is 853. The standard InChI is InChI=1S/CO2.CH4.H3N/c2-1-3;;/h;1H4;1H3. The Morgan fingerprint density at radius 1 is 1.20 bits per heavy atom. The number of hydrogen-bond acceptors (Lipinski definition) is 3. The van der Waals surface area contributed by atoms with Gasteiger partial charge in [-0.3, -0.25) is 0 Å². The molecule has 0 aliphatic rings. The van der Waals surface area contributed by atoms with Crippen LogP contribution in [0.4, 0.5) is 0 Å². The van der Waals surface area contributed by atoms with Crippen LogP contribution in [-0.4, -0.2) is 6.15 Å². The molecular formula is C2H7NO2. The molecule has 0 saturated heterocycles. The first-order valence-electron chi connectivity index (χ1n) is 0.408. The lowest BCUT2D eigenvalue weighted by atomic mass is 11.8. The van der Waals surface area contributed by atoms with Crippen LogP contribution in [0, 0.1) is 0 Å². The summed E-state index contributed by atoms with van der Waals surface area (Å²) in [6.45, 7) is 0. The molecule has 0 spiro atoms. The van der Waals surface area contributed by atoms with Crippen molar-refractivity contribution in [3.8, 4) is 0 Å². The highest BCUT2D eigenvalue weighted by molar-refractivity contribution is 5.20. The Morgan fingerprint density at radius 2 is 1.20 bits per heavy atom. The average Bonchev–Trinajstić information content (AvgIpc) is 0.918. The molecular weight excluding hydrogens is 70.0 g/mol. The summed E-state index contributed by atoms with van der Waals surface area (Å²) in [6.07, 6.45) is 0.250. The van der Waals surface area contributed by atoms with Crippen molar-refractivity contribution in [2.45, 2.75) is 7.43 Å². The zero-order valence-corrected chi connectivity index (χ0v) is 2.02. The van der Waals surface area contributed by atoms with E-state index in [-0.39, 0.29) is 19.7 Å². The van der Waals surface area contributed by atoms with Gasteiger partial charge in [0.25, 0.3) is 0 Å². The molecule has 0 aromatic heterocycles. The van der Waals surface area contributed by atoms with Gasteiger partial charge in [-0.2, -0.15) is 9.59 Å². The van der Waals surface area contributed by atoms with E-state index in [4.69, 9.17) is 9.59 Å². The lowest BCUT2D eigenvalue weighted by Gasteiger charge is -0.945. The van der Waals surface area contributed by atoms with Crippen LogP contribution in [0.5, 0.6) is 0 Å². The molecule has 32 valence electrons. The molecule has 0 rings (SSSR count). The molecule has 0 heterocycles. The molecule has 0 amide bonds. The maximum Gasteiger partial charge on any atom is 0.373 e. The first-order valence-corrected chi connectivity index (χ1v) is 0.408. The van der Waals surface area contributed by atoms with Gasteiger partial charge in [-0.1, -0.05) is 7.43 Å². The van der Waals surface area contributed by atoms with Gasteiger partial charge in [-0.15, -0.1) is 0 Å². The van der Waals surface area contributed by atoms with E-state index >= 15 is 0 Å². The van der Waals surface area contributed by atoms with Gasteiger partial charge < -0.3 is 6.15 Å². The van der Waals surface area contributed by atoms with Crippen molar-refractivity contribution in [2.24, 2.45) is 0 Å². The van der Waals surface area contributed by atoms with Crippen LogP contribution in [0.15, 0.2) is 0 Å². The van der Waals surface area contributed by atoms with Crippen LogP contribution in [0.1, 0.15) is 7.43 Å². The van der Waals surface area contributed by atoms with E-state index in [0.29, 0.717) is 0 Å². The molecule has 3 N–H and O–H groups in total. The van der Waals surface area contributed by atoms with Crippen LogP contribution < -0.4 is 6.15 Å². The van der Waals surface area contributed by atoms with Gasteiger partial charge in [-0.25, -0.2) is 0 Å². The fraction of sp³-hybridized carbons (Fsp3) is 0.500.